The molecule has 0 heterocycles. The topological polar surface area (TPSA) is 6.48 Å². The first-order valence-corrected chi connectivity index (χ1v) is 27.0. The molecule has 370 valence electrons. The van der Waals surface area contributed by atoms with Crippen LogP contribution in [0.25, 0.3) is 83.1 Å². The maximum Gasteiger partial charge on any atom is 0.0540 e. The molecule has 2 heteroatoms. The normalized spacial score (nSPS) is 12.0. The summed E-state index contributed by atoms with van der Waals surface area (Å²) in [5.74, 6) is 0. The maximum absolute atomic E-state index is 2.40. The first-order valence-electron chi connectivity index (χ1n) is 27.0. The van der Waals surface area contributed by atoms with Crippen LogP contribution in [0.5, 0.6) is 0 Å². The van der Waals surface area contributed by atoms with E-state index in [1.165, 1.54) is 66.4 Å². The molecule has 0 fully saturated rings. The summed E-state index contributed by atoms with van der Waals surface area (Å²) < 4.78 is 0. The molecule has 0 saturated carbocycles. The van der Waals surface area contributed by atoms with E-state index in [-0.39, 0.29) is 0 Å². The van der Waals surface area contributed by atoms with Crippen LogP contribution in [-0.4, -0.2) is 0 Å². The summed E-state index contributed by atoms with van der Waals surface area (Å²) >= 11 is 0. The molecule has 0 amide bonds. The van der Waals surface area contributed by atoms with Gasteiger partial charge in [0.05, 0.1) is 5.69 Å². The van der Waals surface area contributed by atoms with Crippen LogP contribution in [0.2, 0.25) is 0 Å². The molecule has 0 atom stereocenters. The van der Waals surface area contributed by atoms with Crippen LogP contribution in [-0.2, 0) is 0 Å². The third kappa shape index (κ3) is 9.99. The summed E-state index contributed by atoms with van der Waals surface area (Å²) in [4.78, 5) is 4.79. The third-order valence-corrected chi connectivity index (χ3v) is 15.1. The quantitative estimate of drug-likeness (QED) is 0.114. The van der Waals surface area contributed by atoms with E-state index in [0.717, 1.165) is 69.2 Å². The molecule has 0 spiro atoms. The fourth-order valence-corrected chi connectivity index (χ4v) is 11.1. The van der Waals surface area contributed by atoms with Gasteiger partial charge in [-0.1, -0.05) is 224 Å². The number of nitrogens with zero attached hydrogens (tertiary/aromatic N) is 2. The molecular formula is C76H56N2. The van der Waals surface area contributed by atoms with Crippen molar-refractivity contribution in [3.05, 3.63) is 321 Å². The molecule has 1 aliphatic rings. The van der Waals surface area contributed by atoms with Crippen molar-refractivity contribution in [2.24, 2.45) is 0 Å². The highest BCUT2D eigenvalue weighted by atomic mass is 15.1. The zero-order valence-electron chi connectivity index (χ0n) is 43.3. The molecule has 0 aromatic heterocycles. The number of fused-ring (bicyclic) bond motifs is 1. The van der Waals surface area contributed by atoms with E-state index < -0.39 is 0 Å². The molecule has 0 N–H and O–H groups in total. The van der Waals surface area contributed by atoms with E-state index in [4.69, 9.17) is 0 Å². The van der Waals surface area contributed by atoms with Crippen LogP contribution in [0, 0.1) is 0 Å². The van der Waals surface area contributed by atoms with Gasteiger partial charge in [0.2, 0.25) is 0 Å². The lowest BCUT2D eigenvalue weighted by atomic mass is 9.90. The molecule has 12 aromatic carbocycles. The van der Waals surface area contributed by atoms with Crippen LogP contribution in [0.1, 0.15) is 18.4 Å². The van der Waals surface area contributed by atoms with Gasteiger partial charge in [-0.05, 0) is 187 Å². The molecule has 0 radical (unpaired) electrons. The lowest BCUT2D eigenvalue weighted by molar-refractivity contribution is 1.05. The molecule has 0 unspecified atom stereocenters. The van der Waals surface area contributed by atoms with Gasteiger partial charge in [0.1, 0.15) is 0 Å². The second-order valence-electron chi connectivity index (χ2n) is 20.0. The highest BCUT2D eigenvalue weighted by molar-refractivity contribution is 5.99. The molecule has 12 aromatic rings. The smallest absolute Gasteiger partial charge is 0.0540 e. The number of anilines is 6. The molecular weight excluding hydrogens is 941 g/mol. The number of hydrogen-bond acceptors (Lipinski definition) is 2. The van der Waals surface area contributed by atoms with Gasteiger partial charge in [0, 0.05) is 33.8 Å². The Kier molecular flexibility index (Phi) is 13.3. The van der Waals surface area contributed by atoms with Gasteiger partial charge >= 0.3 is 0 Å². The van der Waals surface area contributed by atoms with Crippen molar-refractivity contribution < 1.29 is 0 Å². The van der Waals surface area contributed by atoms with Gasteiger partial charge in [-0.3, -0.25) is 0 Å². The number of benzene rings is 12. The van der Waals surface area contributed by atoms with E-state index in [1.54, 1.807) is 0 Å². The summed E-state index contributed by atoms with van der Waals surface area (Å²) in [6.07, 6.45) is 8.84. The number of rotatable bonds is 13. The molecule has 0 aliphatic heterocycles. The molecule has 0 bridgehead atoms. The van der Waals surface area contributed by atoms with Crippen molar-refractivity contribution in [1.82, 2.24) is 0 Å². The summed E-state index contributed by atoms with van der Waals surface area (Å²) in [6, 6.07) is 108. The Hall–Kier alpha value is -10.0. The van der Waals surface area contributed by atoms with Crippen molar-refractivity contribution in [2.45, 2.75) is 12.8 Å². The standard InChI is InChI=1S/C76H56N2/c1-6-19-55(20-7-1)60-33-41-70(42-34-60)77(74-53-68(58-25-12-4-13-26-58)52-69(54-74)59-27-14-5-15-28-59)71-43-35-61(36-44-71)62-37-45-72(46-38-62)78(76-32-18-30-64-29-16-17-31-75(64)76)73-47-39-63(40-48-73)67-50-65(56-21-8-2-9-22-56)49-66(51-67)57-23-10-3-11-24-57/h1-10,12-23,25-54H,11,24H2. The average molecular weight is 997 g/mol. The lowest BCUT2D eigenvalue weighted by Crippen LogP contribution is -2.10. The Morgan fingerprint density at radius 2 is 0.590 bits per heavy atom. The summed E-state index contributed by atoms with van der Waals surface area (Å²) in [5, 5.41) is 2.40. The van der Waals surface area contributed by atoms with E-state index in [0.29, 0.717) is 0 Å². The maximum atomic E-state index is 2.40. The Balaban J connectivity index is 0.860. The summed E-state index contributed by atoms with van der Waals surface area (Å²) in [7, 11) is 0. The zero-order chi connectivity index (χ0) is 52.0. The Morgan fingerprint density at radius 1 is 0.244 bits per heavy atom. The van der Waals surface area contributed by atoms with E-state index in [9.17, 15) is 0 Å². The average Bonchev–Trinajstić information content (AvgIpc) is 3.55. The van der Waals surface area contributed by atoms with Crippen molar-refractivity contribution in [1.29, 1.82) is 0 Å². The minimum Gasteiger partial charge on any atom is -0.310 e. The van der Waals surface area contributed by atoms with E-state index in [1.807, 2.05) is 0 Å². The molecule has 0 saturated heterocycles. The second kappa shape index (κ2) is 21.7. The Labute approximate surface area is 458 Å². The van der Waals surface area contributed by atoms with Gasteiger partial charge in [0.25, 0.3) is 0 Å². The minimum atomic E-state index is 1.04. The highest BCUT2D eigenvalue weighted by Crippen LogP contribution is 2.44. The first kappa shape index (κ1) is 47.7. The number of hydrogen-bond donors (Lipinski definition) is 0. The van der Waals surface area contributed by atoms with E-state index in [2.05, 4.69) is 325 Å². The Bertz CT molecular complexity index is 4010. The van der Waals surface area contributed by atoms with Crippen LogP contribution in [0.4, 0.5) is 34.1 Å². The third-order valence-electron chi connectivity index (χ3n) is 15.1. The minimum absolute atomic E-state index is 1.04. The van der Waals surface area contributed by atoms with Crippen LogP contribution in [0.3, 0.4) is 0 Å². The van der Waals surface area contributed by atoms with Gasteiger partial charge in [-0.25, -0.2) is 0 Å². The van der Waals surface area contributed by atoms with E-state index >= 15 is 0 Å². The summed E-state index contributed by atoms with van der Waals surface area (Å²) in [5.41, 5.74) is 23.4. The molecule has 2 nitrogen and oxygen atoms in total. The monoisotopic (exact) mass is 996 g/mol. The SMILES string of the molecule is C1=CCCC(c2cc(-c3ccccc3)cc(-c3ccc(N(c4ccc(-c5ccc(N(c6ccc(-c7ccccc7)cc6)c6cc(-c7ccccc7)cc(-c7ccccc7)c6)cc5)cc4)c4cccc5ccccc45)cc3)c2)=C1. The number of allylic oxidation sites excluding steroid dienone is 4. The second-order valence-corrected chi connectivity index (χ2v) is 20.0. The fraction of sp³-hybridized carbons (Fsp3) is 0.0263. The van der Waals surface area contributed by atoms with Crippen molar-refractivity contribution in [3.63, 3.8) is 0 Å². The molecule has 1 aliphatic carbocycles. The van der Waals surface area contributed by atoms with Crippen LogP contribution < -0.4 is 9.80 Å². The van der Waals surface area contributed by atoms with Crippen molar-refractivity contribution >= 4 is 50.5 Å². The van der Waals surface area contributed by atoms with Crippen molar-refractivity contribution in [2.75, 3.05) is 9.80 Å². The predicted molar refractivity (Wildman–Crippen MR) is 332 cm³/mol. The molecule has 78 heavy (non-hydrogen) atoms. The van der Waals surface area contributed by atoms with Gasteiger partial charge in [-0.15, -0.1) is 0 Å². The summed E-state index contributed by atoms with van der Waals surface area (Å²) in [6.45, 7) is 0. The van der Waals surface area contributed by atoms with Gasteiger partial charge in [-0.2, -0.15) is 0 Å². The van der Waals surface area contributed by atoms with Gasteiger partial charge in [0.15, 0.2) is 0 Å². The fourth-order valence-electron chi connectivity index (χ4n) is 11.1. The zero-order valence-corrected chi connectivity index (χ0v) is 43.3. The van der Waals surface area contributed by atoms with Crippen molar-refractivity contribution in [3.8, 4) is 66.8 Å². The Morgan fingerprint density at radius 3 is 1.03 bits per heavy atom. The first-order chi connectivity index (χ1) is 38.6. The predicted octanol–water partition coefficient (Wildman–Crippen LogP) is 21.5. The van der Waals surface area contributed by atoms with Crippen LogP contribution >= 0.6 is 0 Å². The largest absolute Gasteiger partial charge is 0.310 e. The lowest BCUT2D eigenvalue weighted by Gasteiger charge is -2.28. The van der Waals surface area contributed by atoms with Crippen LogP contribution in [0.15, 0.2) is 315 Å². The van der Waals surface area contributed by atoms with Gasteiger partial charge < -0.3 is 9.80 Å². The molecule has 13 rings (SSSR count). The highest BCUT2D eigenvalue weighted by Gasteiger charge is 2.19.